The Morgan fingerprint density at radius 1 is 1.06 bits per heavy atom. The lowest BCUT2D eigenvalue weighted by molar-refractivity contribution is -0.143. The molecular weight excluding hydrogens is 238 g/mol. The highest BCUT2D eigenvalue weighted by molar-refractivity contribution is 7.80. The highest BCUT2D eigenvalue weighted by atomic mass is 32.1. The normalized spacial score (nSPS) is 10.9. The first-order valence-corrected chi connectivity index (χ1v) is 4.97. The molecule has 16 heavy (non-hydrogen) atoms. The second kappa shape index (κ2) is 10.2. The predicted molar refractivity (Wildman–Crippen MR) is 58.6 cm³/mol. The molecule has 8 heteroatoms. The Labute approximate surface area is 97.7 Å². The molecular formula is C8H15NO6S. The molecule has 0 radical (unpaired) electrons. The maximum absolute atomic E-state index is 9.93. The first-order chi connectivity index (χ1) is 7.31. The molecule has 0 unspecified atom stereocenters. The number of hydrogen-bond acceptors (Lipinski definition) is 5. The summed E-state index contributed by atoms with van der Waals surface area (Å²) < 4.78 is 0. The van der Waals surface area contributed by atoms with E-state index in [0.717, 1.165) is 0 Å². The number of carbonyl (C=O) groups is 3. The fraction of sp³-hybridized carbons (Fsp3) is 0.625. The smallest absolute Gasteiger partial charge is 0.320 e. The van der Waals surface area contributed by atoms with Gasteiger partial charge in [0.25, 0.3) is 0 Å². The third-order valence-electron chi connectivity index (χ3n) is 1.31. The molecule has 0 aliphatic rings. The van der Waals surface area contributed by atoms with Gasteiger partial charge < -0.3 is 21.1 Å². The van der Waals surface area contributed by atoms with Crippen LogP contribution in [0, 0.1) is 0 Å². The molecule has 0 aromatic heterocycles. The fourth-order valence-corrected chi connectivity index (χ4v) is 0.755. The summed E-state index contributed by atoms with van der Waals surface area (Å²) in [7, 11) is 0. The van der Waals surface area contributed by atoms with Crippen LogP contribution < -0.4 is 5.73 Å². The van der Waals surface area contributed by atoms with Crippen LogP contribution in [0.3, 0.4) is 0 Å². The van der Waals surface area contributed by atoms with Crippen molar-refractivity contribution in [1.82, 2.24) is 0 Å². The third-order valence-corrected chi connectivity index (χ3v) is 1.57. The number of carboxylic acids is 3. The number of rotatable bonds is 6. The van der Waals surface area contributed by atoms with Crippen molar-refractivity contribution >= 4 is 30.5 Å². The lowest BCUT2D eigenvalue weighted by Crippen LogP contribution is -2.30. The van der Waals surface area contributed by atoms with Gasteiger partial charge in [-0.15, -0.1) is 0 Å². The molecule has 0 aliphatic heterocycles. The highest BCUT2D eigenvalue weighted by Crippen LogP contribution is 1.89. The molecule has 0 aromatic carbocycles. The minimum absolute atomic E-state index is 0.296. The molecule has 7 nitrogen and oxygen atoms in total. The maximum atomic E-state index is 9.93. The van der Waals surface area contributed by atoms with E-state index in [1.807, 2.05) is 0 Å². The van der Waals surface area contributed by atoms with Crippen LogP contribution in [0.5, 0.6) is 0 Å². The maximum Gasteiger partial charge on any atom is 0.320 e. The van der Waals surface area contributed by atoms with Gasteiger partial charge in [0.05, 0.1) is 12.8 Å². The molecule has 0 heterocycles. The fourth-order valence-electron chi connectivity index (χ4n) is 0.476. The van der Waals surface area contributed by atoms with Gasteiger partial charge in [-0.05, 0) is 12.2 Å². The Morgan fingerprint density at radius 3 is 1.56 bits per heavy atom. The third kappa shape index (κ3) is 15.2. The summed E-state index contributed by atoms with van der Waals surface area (Å²) in [5, 5.41) is 24.0. The molecule has 94 valence electrons. The van der Waals surface area contributed by atoms with Crippen molar-refractivity contribution in [2.75, 3.05) is 5.75 Å². The number of hydrogen-bond donors (Lipinski definition) is 5. The summed E-state index contributed by atoms with van der Waals surface area (Å²) in [6.45, 7) is 0. The molecule has 0 aromatic rings. The van der Waals surface area contributed by atoms with E-state index in [2.05, 4.69) is 12.6 Å². The molecule has 5 N–H and O–H groups in total. The number of carboxylic acid groups (broad SMARTS) is 3. The molecule has 0 saturated carbocycles. The second-order valence-electron chi connectivity index (χ2n) is 2.74. The number of thiol groups is 1. The van der Waals surface area contributed by atoms with Crippen molar-refractivity contribution in [2.24, 2.45) is 5.73 Å². The van der Waals surface area contributed by atoms with Crippen molar-refractivity contribution in [3.05, 3.63) is 0 Å². The van der Waals surface area contributed by atoms with Gasteiger partial charge in [0.2, 0.25) is 0 Å². The van der Waals surface area contributed by atoms with Gasteiger partial charge in [0.1, 0.15) is 6.04 Å². The van der Waals surface area contributed by atoms with Gasteiger partial charge in [-0.2, -0.15) is 12.6 Å². The van der Waals surface area contributed by atoms with E-state index in [1.165, 1.54) is 0 Å². The first kappa shape index (κ1) is 17.1. The van der Waals surface area contributed by atoms with Gasteiger partial charge >= 0.3 is 17.9 Å². The summed E-state index contributed by atoms with van der Waals surface area (Å²) in [6.07, 6.45) is -0.164. The van der Waals surface area contributed by atoms with Crippen LogP contribution >= 0.6 is 12.6 Å². The van der Waals surface area contributed by atoms with Crippen LogP contribution in [0.25, 0.3) is 0 Å². The molecule has 0 fully saturated rings. The molecule has 0 saturated heterocycles. The van der Waals surface area contributed by atoms with Crippen LogP contribution in [-0.2, 0) is 14.4 Å². The summed E-state index contributed by atoms with van der Waals surface area (Å²) in [5.74, 6) is -2.59. The minimum Gasteiger partial charge on any atom is -0.481 e. The largest absolute Gasteiger partial charge is 0.481 e. The summed E-state index contributed by atoms with van der Waals surface area (Å²) >= 11 is 3.81. The van der Waals surface area contributed by atoms with Crippen molar-refractivity contribution in [3.63, 3.8) is 0 Å². The van der Waals surface area contributed by atoms with Crippen LogP contribution in [0.15, 0.2) is 0 Å². The Hall–Kier alpha value is -1.28. The van der Waals surface area contributed by atoms with Gasteiger partial charge in [0, 0.05) is 0 Å². The molecule has 0 bridgehead atoms. The quantitative estimate of drug-likeness (QED) is 0.408. The highest BCUT2D eigenvalue weighted by Gasteiger charge is 2.08. The molecule has 0 spiro atoms. The molecule has 0 rings (SSSR count). The standard InChI is InChI=1S/C4H9NO2S.C4H6O4/c5-3(1-2-8)4(6)7;5-3(6)1-2-4(7)8/h3,8H,1-2,5H2,(H,6,7);1-2H2,(H,5,6)(H,7,8)/t3-;/m0./s1. The van der Waals surface area contributed by atoms with E-state index in [0.29, 0.717) is 12.2 Å². The monoisotopic (exact) mass is 253 g/mol. The average Bonchev–Trinajstić information content (AvgIpc) is 2.16. The van der Waals surface area contributed by atoms with Crippen LogP contribution in [0.1, 0.15) is 19.3 Å². The summed E-state index contributed by atoms with van der Waals surface area (Å²) in [5.41, 5.74) is 5.08. The predicted octanol–water partition coefficient (Wildman–Crippen LogP) is -0.346. The molecule has 0 aliphatic carbocycles. The zero-order valence-electron chi connectivity index (χ0n) is 8.50. The molecule has 0 amide bonds. The lowest BCUT2D eigenvalue weighted by Gasteiger charge is -2.00. The van der Waals surface area contributed by atoms with E-state index in [-0.39, 0.29) is 12.8 Å². The Balaban J connectivity index is 0. The molecule has 1 atom stereocenters. The Bertz CT molecular complexity index is 231. The zero-order chi connectivity index (χ0) is 13.1. The van der Waals surface area contributed by atoms with Crippen molar-refractivity contribution in [2.45, 2.75) is 25.3 Å². The number of nitrogens with two attached hydrogens (primary N) is 1. The van der Waals surface area contributed by atoms with Crippen LogP contribution in [-0.4, -0.2) is 45.0 Å². The zero-order valence-corrected chi connectivity index (χ0v) is 9.39. The van der Waals surface area contributed by atoms with Gasteiger partial charge in [-0.1, -0.05) is 0 Å². The van der Waals surface area contributed by atoms with Crippen molar-refractivity contribution in [1.29, 1.82) is 0 Å². The van der Waals surface area contributed by atoms with Gasteiger partial charge in [0.15, 0.2) is 0 Å². The Morgan fingerprint density at radius 2 is 1.44 bits per heavy atom. The van der Waals surface area contributed by atoms with Crippen molar-refractivity contribution in [3.8, 4) is 0 Å². The average molecular weight is 253 g/mol. The Kier molecular flexibility index (Phi) is 11.0. The van der Waals surface area contributed by atoms with Gasteiger partial charge in [-0.3, -0.25) is 14.4 Å². The summed E-state index contributed by atoms with van der Waals surface area (Å²) in [4.78, 5) is 29.2. The first-order valence-electron chi connectivity index (χ1n) is 4.34. The van der Waals surface area contributed by atoms with Crippen molar-refractivity contribution < 1.29 is 29.7 Å². The van der Waals surface area contributed by atoms with E-state index < -0.39 is 23.9 Å². The SMILES string of the molecule is N[C@@H](CCS)C(=O)O.O=C(O)CCC(=O)O. The lowest BCUT2D eigenvalue weighted by atomic mass is 10.2. The van der Waals surface area contributed by atoms with Gasteiger partial charge in [-0.25, -0.2) is 0 Å². The number of aliphatic carboxylic acids is 3. The van der Waals surface area contributed by atoms with Crippen LogP contribution in [0.4, 0.5) is 0 Å². The van der Waals surface area contributed by atoms with E-state index in [4.69, 9.17) is 21.1 Å². The topological polar surface area (TPSA) is 138 Å². The van der Waals surface area contributed by atoms with E-state index in [9.17, 15) is 14.4 Å². The van der Waals surface area contributed by atoms with E-state index >= 15 is 0 Å². The minimum atomic E-state index is -1.08. The second-order valence-corrected chi connectivity index (χ2v) is 3.19. The van der Waals surface area contributed by atoms with Crippen LogP contribution in [0.2, 0.25) is 0 Å². The van der Waals surface area contributed by atoms with E-state index in [1.54, 1.807) is 0 Å². The summed E-state index contributed by atoms with van der Waals surface area (Å²) in [6, 6.07) is -0.743.